The van der Waals surface area contributed by atoms with E-state index >= 15 is 0 Å². The molecule has 0 spiro atoms. The van der Waals surface area contributed by atoms with E-state index in [2.05, 4.69) is 12.1 Å². The number of benzene rings is 1. The highest BCUT2D eigenvalue weighted by atomic mass is 16.5. The van der Waals surface area contributed by atoms with Crippen LogP contribution in [0.3, 0.4) is 0 Å². The van der Waals surface area contributed by atoms with Crippen molar-refractivity contribution >= 4 is 0 Å². The number of methoxy groups -OCH3 is 1. The molecule has 1 aromatic carbocycles. The summed E-state index contributed by atoms with van der Waals surface area (Å²) in [5.41, 5.74) is 7.47. The molecule has 0 atom stereocenters. The van der Waals surface area contributed by atoms with Crippen LogP contribution in [0.2, 0.25) is 0 Å². The van der Waals surface area contributed by atoms with Crippen molar-refractivity contribution in [3.8, 4) is 11.5 Å². The first kappa shape index (κ1) is 12.8. The summed E-state index contributed by atoms with van der Waals surface area (Å²) in [4.78, 5) is 0. The predicted octanol–water partition coefficient (Wildman–Crippen LogP) is 3.01. The molecule has 2 aliphatic carbocycles. The topological polar surface area (TPSA) is 44.5 Å². The summed E-state index contributed by atoms with van der Waals surface area (Å²) in [5.74, 6) is 1.80. The van der Waals surface area contributed by atoms with Gasteiger partial charge in [0.25, 0.3) is 0 Å². The molecule has 19 heavy (non-hydrogen) atoms. The van der Waals surface area contributed by atoms with E-state index < -0.39 is 0 Å². The second-order valence-electron chi connectivity index (χ2n) is 5.85. The van der Waals surface area contributed by atoms with E-state index in [0.29, 0.717) is 12.6 Å². The minimum Gasteiger partial charge on any atom is -0.493 e. The Hall–Kier alpha value is -1.22. The Kier molecular flexibility index (Phi) is 3.40. The van der Waals surface area contributed by atoms with Gasteiger partial charge in [0.15, 0.2) is 11.5 Å². The van der Waals surface area contributed by atoms with Gasteiger partial charge in [-0.15, -0.1) is 0 Å². The van der Waals surface area contributed by atoms with Gasteiger partial charge in [-0.1, -0.05) is 25.0 Å². The number of hydrogen-bond acceptors (Lipinski definition) is 3. The third-order valence-corrected chi connectivity index (χ3v) is 4.53. The lowest BCUT2D eigenvalue weighted by molar-refractivity contribution is 0.270. The number of ether oxygens (including phenoxy) is 2. The molecule has 1 aromatic rings. The van der Waals surface area contributed by atoms with Crippen LogP contribution in [-0.4, -0.2) is 19.8 Å². The van der Waals surface area contributed by atoms with E-state index in [0.717, 1.165) is 37.2 Å². The van der Waals surface area contributed by atoms with Crippen molar-refractivity contribution in [1.82, 2.24) is 0 Å². The lowest BCUT2D eigenvalue weighted by Gasteiger charge is -2.30. The second-order valence-corrected chi connectivity index (χ2v) is 5.85. The fourth-order valence-electron chi connectivity index (χ4n) is 3.20. The van der Waals surface area contributed by atoms with E-state index in [-0.39, 0.29) is 5.41 Å². The maximum Gasteiger partial charge on any atom is 0.165 e. The summed E-state index contributed by atoms with van der Waals surface area (Å²) in [6.45, 7) is 0.696. The van der Waals surface area contributed by atoms with Gasteiger partial charge >= 0.3 is 0 Å². The number of nitrogens with two attached hydrogens (primary N) is 1. The normalized spacial score (nSPS) is 21.4. The van der Waals surface area contributed by atoms with E-state index in [4.69, 9.17) is 15.2 Å². The summed E-state index contributed by atoms with van der Waals surface area (Å²) in [7, 11) is 1.71. The average Bonchev–Trinajstić information content (AvgIpc) is 3.13. The molecule has 0 heterocycles. The highest BCUT2D eigenvalue weighted by Gasteiger charge is 2.38. The van der Waals surface area contributed by atoms with Crippen molar-refractivity contribution < 1.29 is 9.47 Å². The van der Waals surface area contributed by atoms with Crippen molar-refractivity contribution in [2.45, 2.75) is 50.0 Å². The van der Waals surface area contributed by atoms with Gasteiger partial charge < -0.3 is 15.2 Å². The van der Waals surface area contributed by atoms with E-state index in [9.17, 15) is 0 Å². The Bertz CT molecular complexity index is 448. The fourth-order valence-corrected chi connectivity index (χ4v) is 3.20. The third-order valence-electron chi connectivity index (χ3n) is 4.53. The lowest BCUT2D eigenvalue weighted by Crippen LogP contribution is -2.32. The average molecular weight is 261 g/mol. The molecule has 3 heteroatoms. The molecule has 2 fully saturated rings. The van der Waals surface area contributed by atoms with Gasteiger partial charge in [-0.25, -0.2) is 0 Å². The number of para-hydroxylation sites is 1. The summed E-state index contributed by atoms with van der Waals surface area (Å²) in [6.07, 6.45) is 7.55. The smallest absolute Gasteiger partial charge is 0.165 e. The second kappa shape index (κ2) is 5.04. The molecular formula is C16H23NO2. The van der Waals surface area contributed by atoms with Crippen molar-refractivity contribution in [2.75, 3.05) is 13.7 Å². The Balaban J connectivity index is 2.02. The van der Waals surface area contributed by atoms with Gasteiger partial charge in [-0.2, -0.15) is 0 Å². The molecule has 2 saturated carbocycles. The first-order valence-electron chi connectivity index (χ1n) is 7.33. The van der Waals surface area contributed by atoms with E-state index in [1.807, 2.05) is 6.07 Å². The molecule has 3 nitrogen and oxygen atoms in total. The Labute approximate surface area is 115 Å². The van der Waals surface area contributed by atoms with E-state index in [1.54, 1.807) is 7.11 Å². The van der Waals surface area contributed by atoms with Gasteiger partial charge in [0, 0.05) is 17.5 Å². The van der Waals surface area contributed by atoms with Crippen LogP contribution in [0.15, 0.2) is 18.2 Å². The zero-order valence-electron chi connectivity index (χ0n) is 11.7. The van der Waals surface area contributed by atoms with Gasteiger partial charge in [-0.05, 0) is 31.7 Å². The SMILES string of the molecule is COc1cccc(C2(CN)CCCC2)c1OC1CC1. The van der Waals surface area contributed by atoms with Crippen LogP contribution in [0, 0.1) is 0 Å². The van der Waals surface area contributed by atoms with Crippen molar-refractivity contribution in [3.05, 3.63) is 23.8 Å². The molecule has 3 rings (SSSR count). The molecule has 0 aliphatic heterocycles. The predicted molar refractivity (Wildman–Crippen MR) is 75.8 cm³/mol. The molecule has 104 valence electrons. The molecular weight excluding hydrogens is 238 g/mol. The monoisotopic (exact) mass is 261 g/mol. The summed E-state index contributed by atoms with van der Waals surface area (Å²) >= 11 is 0. The number of hydrogen-bond donors (Lipinski definition) is 1. The van der Waals surface area contributed by atoms with Crippen molar-refractivity contribution in [1.29, 1.82) is 0 Å². The van der Waals surface area contributed by atoms with Gasteiger partial charge in [0.1, 0.15) is 0 Å². The zero-order chi connectivity index (χ0) is 13.3. The van der Waals surface area contributed by atoms with Crippen LogP contribution in [0.4, 0.5) is 0 Å². The van der Waals surface area contributed by atoms with Crippen LogP contribution in [0.1, 0.15) is 44.1 Å². The standard InChI is InChI=1S/C16H23NO2/c1-18-14-6-4-5-13(15(14)19-12-7-8-12)16(11-17)9-2-3-10-16/h4-6,12H,2-3,7-11,17H2,1H3. The molecule has 0 amide bonds. The molecule has 0 radical (unpaired) electrons. The highest BCUT2D eigenvalue weighted by molar-refractivity contribution is 5.51. The first-order valence-corrected chi connectivity index (χ1v) is 7.33. The van der Waals surface area contributed by atoms with Gasteiger partial charge in [0.2, 0.25) is 0 Å². The van der Waals surface area contributed by atoms with E-state index in [1.165, 1.54) is 18.4 Å². The summed E-state index contributed by atoms with van der Waals surface area (Å²) in [5, 5.41) is 0. The Morgan fingerprint density at radius 3 is 2.58 bits per heavy atom. The minimum atomic E-state index is 0.0960. The van der Waals surface area contributed by atoms with Crippen LogP contribution in [0.5, 0.6) is 11.5 Å². The van der Waals surface area contributed by atoms with Crippen molar-refractivity contribution in [2.24, 2.45) is 5.73 Å². The third kappa shape index (κ3) is 2.32. The number of rotatable bonds is 5. The molecule has 0 bridgehead atoms. The Morgan fingerprint density at radius 1 is 1.26 bits per heavy atom. The Morgan fingerprint density at radius 2 is 2.00 bits per heavy atom. The fraction of sp³-hybridized carbons (Fsp3) is 0.625. The quantitative estimate of drug-likeness (QED) is 0.886. The van der Waals surface area contributed by atoms with Crippen LogP contribution >= 0.6 is 0 Å². The maximum absolute atomic E-state index is 6.14. The molecule has 2 N–H and O–H groups in total. The molecule has 2 aliphatic rings. The summed E-state index contributed by atoms with van der Waals surface area (Å²) < 4.78 is 11.6. The van der Waals surface area contributed by atoms with Crippen LogP contribution < -0.4 is 15.2 Å². The van der Waals surface area contributed by atoms with Crippen LogP contribution in [-0.2, 0) is 5.41 Å². The molecule has 0 saturated heterocycles. The minimum absolute atomic E-state index is 0.0960. The molecule has 0 unspecified atom stereocenters. The van der Waals surface area contributed by atoms with Crippen molar-refractivity contribution in [3.63, 3.8) is 0 Å². The van der Waals surface area contributed by atoms with Gasteiger partial charge in [0.05, 0.1) is 13.2 Å². The largest absolute Gasteiger partial charge is 0.493 e. The maximum atomic E-state index is 6.14. The summed E-state index contributed by atoms with van der Waals surface area (Å²) in [6, 6.07) is 6.22. The van der Waals surface area contributed by atoms with Crippen LogP contribution in [0.25, 0.3) is 0 Å². The molecule has 0 aromatic heterocycles. The highest BCUT2D eigenvalue weighted by Crippen LogP contribution is 2.48. The van der Waals surface area contributed by atoms with Gasteiger partial charge in [-0.3, -0.25) is 0 Å². The zero-order valence-corrected chi connectivity index (χ0v) is 11.7. The first-order chi connectivity index (χ1) is 9.29. The lowest BCUT2D eigenvalue weighted by atomic mass is 9.78.